The predicted molar refractivity (Wildman–Crippen MR) is 52.2 cm³/mol. The molecule has 1 aromatic rings. The molecule has 0 saturated heterocycles. The van der Waals surface area contributed by atoms with Crippen LogP contribution < -0.4 is 0 Å². The Morgan fingerprint density at radius 2 is 1.94 bits per heavy atom. The van der Waals surface area contributed by atoms with Crippen molar-refractivity contribution in [2.45, 2.75) is 12.1 Å². The van der Waals surface area contributed by atoms with E-state index < -0.39 is 21.2 Å². The molecule has 0 unspecified atom stereocenters. The standard InChI is InChI=1S/C8H10N2O5S/c1-3-15-7(11)6-4-9-8(10-5-6)16(12,13)14-2/h4-5H,3H2,1-2H3. The summed E-state index contributed by atoms with van der Waals surface area (Å²) in [5.74, 6) is -0.608. The van der Waals surface area contributed by atoms with Gasteiger partial charge in [0, 0.05) is 12.4 Å². The number of aromatic nitrogens is 2. The van der Waals surface area contributed by atoms with E-state index in [9.17, 15) is 13.2 Å². The van der Waals surface area contributed by atoms with Crippen LogP contribution in [0, 0.1) is 0 Å². The molecule has 1 rings (SSSR count). The molecule has 0 bridgehead atoms. The molecule has 0 aliphatic heterocycles. The van der Waals surface area contributed by atoms with Crippen molar-refractivity contribution < 1.29 is 22.1 Å². The Kier molecular flexibility index (Phi) is 3.91. The minimum Gasteiger partial charge on any atom is -0.462 e. The van der Waals surface area contributed by atoms with Gasteiger partial charge in [0.2, 0.25) is 0 Å². The van der Waals surface area contributed by atoms with Crippen LogP contribution in [-0.4, -0.2) is 38.1 Å². The first kappa shape index (κ1) is 12.5. The zero-order chi connectivity index (χ0) is 12.2. The lowest BCUT2D eigenvalue weighted by Gasteiger charge is -2.02. The molecule has 16 heavy (non-hydrogen) atoms. The van der Waals surface area contributed by atoms with Crippen molar-refractivity contribution >= 4 is 16.1 Å². The van der Waals surface area contributed by atoms with Crippen LogP contribution in [0.5, 0.6) is 0 Å². The van der Waals surface area contributed by atoms with Gasteiger partial charge in [0.1, 0.15) is 0 Å². The third-order valence-electron chi connectivity index (χ3n) is 1.58. The van der Waals surface area contributed by atoms with E-state index in [2.05, 4.69) is 18.9 Å². The number of ether oxygens (including phenoxy) is 1. The van der Waals surface area contributed by atoms with Crippen molar-refractivity contribution in [1.29, 1.82) is 0 Å². The summed E-state index contributed by atoms with van der Waals surface area (Å²) in [4.78, 5) is 18.2. The lowest BCUT2D eigenvalue weighted by Crippen LogP contribution is -2.11. The fourth-order valence-electron chi connectivity index (χ4n) is 0.840. The van der Waals surface area contributed by atoms with Gasteiger partial charge in [-0.2, -0.15) is 8.42 Å². The molecule has 8 heteroatoms. The Balaban J connectivity index is 2.96. The Morgan fingerprint density at radius 1 is 1.38 bits per heavy atom. The van der Waals surface area contributed by atoms with Gasteiger partial charge in [0.15, 0.2) is 0 Å². The summed E-state index contributed by atoms with van der Waals surface area (Å²) >= 11 is 0. The Bertz CT molecular complexity index is 468. The fourth-order valence-corrected chi connectivity index (χ4v) is 1.35. The summed E-state index contributed by atoms with van der Waals surface area (Å²) in [5.41, 5.74) is 0.0805. The quantitative estimate of drug-likeness (QED) is 0.418. The zero-order valence-corrected chi connectivity index (χ0v) is 9.52. The van der Waals surface area contributed by atoms with Gasteiger partial charge in [0.25, 0.3) is 5.16 Å². The van der Waals surface area contributed by atoms with Gasteiger partial charge in [-0.3, -0.25) is 4.18 Å². The smallest absolute Gasteiger partial charge is 0.341 e. The van der Waals surface area contributed by atoms with E-state index in [1.54, 1.807) is 6.92 Å². The molecule has 0 aliphatic carbocycles. The van der Waals surface area contributed by atoms with E-state index in [0.29, 0.717) is 0 Å². The zero-order valence-electron chi connectivity index (χ0n) is 8.71. The maximum Gasteiger partial charge on any atom is 0.341 e. The largest absolute Gasteiger partial charge is 0.462 e. The average molecular weight is 246 g/mol. The minimum atomic E-state index is -3.93. The molecule has 0 aromatic carbocycles. The lowest BCUT2D eigenvalue weighted by molar-refractivity contribution is 0.0525. The number of esters is 1. The topological polar surface area (TPSA) is 95.5 Å². The SMILES string of the molecule is CCOC(=O)c1cnc(S(=O)(=O)OC)nc1. The highest BCUT2D eigenvalue weighted by Crippen LogP contribution is 2.05. The summed E-state index contributed by atoms with van der Waals surface area (Å²) < 4.78 is 31.2. The number of nitrogens with zero attached hydrogens (tertiary/aromatic N) is 2. The third-order valence-corrected chi connectivity index (χ3v) is 2.68. The number of hydrogen-bond donors (Lipinski definition) is 0. The van der Waals surface area contributed by atoms with Crippen molar-refractivity contribution in [3.63, 3.8) is 0 Å². The average Bonchev–Trinajstić information content (AvgIpc) is 2.29. The molecule has 1 heterocycles. The van der Waals surface area contributed by atoms with E-state index in [1.807, 2.05) is 0 Å². The predicted octanol–water partition coefficient (Wildman–Crippen LogP) is -0.0116. The molecule has 0 N–H and O–H groups in total. The Morgan fingerprint density at radius 3 is 2.38 bits per heavy atom. The molecule has 0 saturated carbocycles. The second-order valence-electron chi connectivity index (χ2n) is 2.60. The van der Waals surface area contributed by atoms with Gasteiger partial charge in [0.05, 0.1) is 19.3 Å². The monoisotopic (exact) mass is 246 g/mol. The van der Waals surface area contributed by atoms with Crippen molar-refractivity contribution in [2.24, 2.45) is 0 Å². The molecular formula is C8H10N2O5S. The molecule has 0 aliphatic rings. The molecule has 88 valence electrons. The molecule has 0 atom stereocenters. The fraction of sp³-hybridized carbons (Fsp3) is 0.375. The summed E-state index contributed by atoms with van der Waals surface area (Å²) in [6.07, 6.45) is 2.13. The van der Waals surface area contributed by atoms with Crippen LogP contribution in [0.4, 0.5) is 0 Å². The van der Waals surface area contributed by atoms with Gasteiger partial charge >= 0.3 is 16.1 Å². The molecule has 0 spiro atoms. The van der Waals surface area contributed by atoms with Gasteiger partial charge in [-0.1, -0.05) is 0 Å². The van der Waals surface area contributed by atoms with Crippen LogP contribution in [0.1, 0.15) is 17.3 Å². The number of carbonyl (C=O) groups is 1. The van der Waals surface area contributed by atoms with Crippen molar-refractivity contribution in [3.05, 3.63) is 18.0 Å². The van der Waals surface area contributed by atoms with E-state index in [0.717, 1.165) is 19.5 Å². The van der Waals surface area contributed by atoms with Gasteiger partial charge in [-0.15, -0.1) is 0 Å². The van der Waals surface area contributed by atoms with Crippen molar-refractivity contribution in [3.8, 4) is 0 Å². The van der Waals surface area contributed by atoms with Crippen LogP contribution in [0.3, 0.4) is 0 Å². The number of rotatable bonds is 4. The molecule has 1 aromatic heterocycles. The second kappa shape index (κ2) is 4.99. The van der Waals surface area contributed by atoms with E-state index >= 15 is 0 Å². The van der Waals surface area contributed by atoms with Crippen LogP contribution in [0.25, 0.3) is 0 Å². The summed E-state index contributed by atoms with van der Waals surface area (Å²) in [6.45, 7) is 1.87. The summed E-state index contributed by atoms with van der Waals surface area (Å²) in [5, 5.41) is -0.497. The number of hydrogen-bond acceptors (Lipinski definition) is 7. The molecule has 0 amide bonds. The van der Waals surface area contributed by atoms with Gasteiger partial charge < -0.3 is 4.74 Å². The summed E-state index contributed by atoms with van der Waals surface area (Å²) in [6, 6.07) is 0. The van der Waals surface area contributed by atoms with E-state index in [4.69, 9.17) is 0 Å². The van der Waals surface area contributed by atoms with E-state index in [-0.39, 0.29) is 12.2 Å². The molecule has 0 fully saturated rings. The first-order valence-electron chi connectivity index (χ1n) is 4.31. The highest BCUT2D eigenvalue weighted by Gasteiger charge is 2.17. The first-order chi connectivity index (χ1) is 7.51. The highest BCUT2D eigenvalue weighted by molar-refractivity contribution is 7.86. The first-order valence-corrected chi connectivity index (χ1v) is 5.72. The van der Waals surface area contributed by atoms with Crippen LogP contribution in [0.15, 0.2) is 17.6 Å². The van der Waals surface area contributed by atoms with Gasteiger partial charge in [-0.25, -0.2) is 14.8 Å². The van der Waals surface area contributed by atoms with Crippen molar-refractivity contribution in [2.75, 3.05) is 13.7 Å². The van der Waals surface area contributed by atoms with E-state index in [1.165, 1.54) is 0 Å². The molecule has 7 nitrogen and oxygen atoms in total. The Hall–Kier alpha value is -1.54. The molecular weight excluding hydrogens is 236 g/mol. The van der Waals surface area contributed by atoms with Crippen molar-refractivity contribution in [1.82, 2.24) is 9.97 Å². The molecule has 0 radical (unpaired) electrons. The second-order valence-corrected chi connectivity index (χ2v) is 4.20. The lowest BCUT2D eigenvalue weighted by atomic mass is 10.3. The normalized spacial score (nSPS) is 11.1. The maximum atomic E-state index is 11.2. The number of carbonyl (C=O) groups excluding carboxylic acids is 1. The Labute approximate surface area is 92.6 Å². The summed E-state index contributed by atoms with van der Waals surface area (Å²) in [7, 11) is -2.93. The minimum absolute atomic E-state index is 0.0805. The third kappa shape index (κ3) is 2.74. The van der Waals surface area contributed by atoms with Crippen LogP contribution in [0.2, 0.25) is 0 Å². The maximum absolute atomic E-state index is 11.2. The highest BCUT2D eigenvalue weighted by atomic mass is 32.2. The van der Waals surface area contributed by atoms with Gasteiger partial charge in [-0.05, 0) is 6.92 Å². The van der Waals surface area contributed by atoms with Crippen LogP contribution >= 0.6 is 0 Å². The van der Waals surface area contributed by atoms with Crippen LogP contribution in [-0.2, 0) is 19.0 Å².